The van der Waals surface area contributed by atoms with Crippen LogP contribution in [-0.4, -0.2) is 14.1 Å². The summed E-state index contributed by atoms with van der Waals surface area (Å²) in [7, 11) is -1.36. The Labute approximate surface area is 84.3 Å². The fourth-order valence-electron chi connectivity index (χ4n) is 1.42. The quantitative estimate of drug-likeness (QED) is 0.483. The van der Waals surface area contributed by atoms with Crippen LogP contribution in [0.3, 0.4) is 0 Å². The molecule has 0 aromatic carbocycles. The molecule has 0 aliphatic carbocycles. The lowest BCUT2D eigenvalue weighted by molar-refractivity contribution is 1.14. The third kappa shape index (κ3) is 2.92. The predicted octanol–water partition coefficient (Wildman–Crippen LogP) is 4.12. The fraction of sp³-hybridized carbons (Fsp3) is 1.00. The zero-order valence-corrected chi connectivity index (χ0v) is 10.9. The first-order chi connectivity index (χ1) is 4.97. The van der Waals surface area contributed by atoms with Crippen molar-refractivity contribution in [1.82, 2.24) is 0 Å². The Bertz CT molecular complexity index is 139. The molecule has 0 spiro atoms. The molecule has 0 nitrogen and oxygen atoms in total. The van der Waals surface area contributed by atoms with E-state index < -0.39 is 14.1 Å². The lowest BCUT2D eigenvalue weighted by Crippen LogP contribution is -2.37. The largest absolute Gasteiger partial charge is 0.250 e. The first-order valence-corrected chi connectivity index (χ1v) is 12.1. The van der Waals surface area contributed by atoms with Gasteiger partial charge in [-0.15, -0.1) is 22.2 Å². The summed E-state index contributed by atoms with van der Waals surface area (Å²) in [6.07, 6.45) is 0. The summed E-state index contributed by atoms with van der Waals surface area (Å²) >= 11 is 18.7. The molecule has 0 N–H and O–H groups in total. The second kappa shape index (κ2) is 3.58. The van der Waals surface area contributed by atoms with Gasteiger partial charge in [0.25, 0.3) is 6.69 Å². The fourth-order valence-corrected chi connectivity index (χ4v) is 14.2. The van der Waals surface area contributed by atoms with Crippen LogP contribution < -0.4 is 0 Å². The van der Waals surface area contributed by atoms with E-state index in [1.807, 2.05) is 0 Å². The molecular formula is C6H13Cl3Si2. The Hall–Kier alpha value is 1.30. The molecule has 1 aliphatic heterocycles. The molecule has 5 heteroatoms. The molecule has 11 heavy (non-hydrogen) atoms. The minimum Gasteiger partial charge on any atom is -0.167 e. The van der Waals surface area contributed by atoms with Crippen LogP contribution in [0.2, 0.25) is 30.2 Å². The van der Waals surface area contributed by atoms with Crippen LogP contribution >= 0.6 is 33.2 Å². The minimum atomic E-state index is -1.80. The Morgan fingerprint density at radius 1 is 1.00 bits per heavy atom. The molecule has 0 amide bonds. The molecule has 1 saturated heterocycles. The van der Waals surface area contributed by atoms with E-state index >= 15 is 0 Å². The van der Waals surface area contributed by atoms with E-state index in [4.69, 9.17) is 33.2 Å². The molecule has 0 unspecified atom stereocenters. The van der Waals surface area contributed by atoms with Gasteiger partial charge in [-0.1, -0.05) is 6.92 Å². The van der Waals surface area contributed by atoms with Crippen LogP contribution in [0.5, 0.6) is 0 Å². The van der Waals surface area contributed by atoms with Crippen LogP contribution in [-0.2, 0) is 0 Å². The summed E-state index contributed by atoms with van der Waals surface area (Å²) in [6, 6.07) is 5.51. The minimum absolute atomic E-state index is 1.03. The van der Waals surface area contributed by atoms with Crippen molar-refractivity contribution in [3.63, 3.8) is 0 Å². The Morgan fingerprint density at radius 3 is 1.82 bits per heavy atom. The van der Waals surface area contributed by atoms with E-state index in [1.54, 1.807) is 0 Å². The van der Waals surface area contributed by atoms with Gasteiger partial charge >= 0.3 is 0 Å². The number of hydrogen-bond acceptors (Lipinski definition) is 0. The van der Waals surface area contributed by atoms with Crippen LogP contribution in [0.25, 0.3) is 0 Å². The van der Waals surface area contributed by atoms with Gasteiger partial charge in [-0.25, -0.2) is 0 Å². The molecule has 1 heterocycles. The first-order valence-electron chi connectivity index (χ1n) is 4.04. The van der Waals surface area contributed by atoms with Gasteiger partial charge in [-0.3, -0.25) is 0 Å². The van der Waals surface area contributed by atoms with Gasteiger partial charge in [0, 0.05) is 0 Å². The first kappa shape index (κ1) is 10.4. The maximum absolute atomic E-state index is 6.43. The van der Waals surface area contributed by atoms with E-state index in [9.17, 15) is 0 Å². The third-order valence-electron chi connectivity index (χ3n) is 2.51. The van der Waals surface area contributed by atoms with Gasteiger partial charge in [0.05, 0.1) is 0 Å². The molecular weight excluding hydrogens is 235 g/mol. The second-order valence-corrected chi connectivity index (χ2v) is 17.4. The van der Waals surface area contributed by atoms with Gasteiger partial charge in [-0.05, 0) is 30.2 Å². The Morgan fingerprint density at radius 2 is 1.45 bits per heavy atom. The zero-order valence-electron chi connectivity index (χ0n) is 6.67. The van der Waals surface area contributed by atoms with Crippen molar-refractivity contribution in [3.8, 4) is 0 Å². The van der Waals surface area contributed by atoms with Crippen molar-refractivity contribution in [1.29, 1.82) is 0 Å². The third-order valence-corrected chi connectivity index (χ3v) is 13.2. The SMILES string of the molecule is CC[Si]1(Cl)CC[Si](Cl)(Cl)CC1. The molecule has 0 radical (unpaired) electrons. The van der Waals surface area contributed by atoms with Crippen molar-refractivity contribution < 1.29 is 0 Å². The standard InChI is InChI=1S/C6H13Cl3Si2/c1-2-10(7)3-5-11(8,9)6-4-10/h2-6H2,1H3. The summed E-state index contributed by atoms with van der Waals surface area (Å²) in [5.41, 5.74) is 0. The van der Waals surface area contributed by atoms with E-state index in [0.29, 0.717) is 0 Å². The Kier molecular flexibility index (Phi) is 3.38. The van der Waals surface area contributed by atoms with Crippen LogP contribution in [0.1, 0.15) is 6.92 Å². The van der Waals surface area contributed by atoms with Crippen molar-refractivity contribution in [2.75, 3.05) is 0 Å². The monoisotopic (exact) mass is 246 g/mol. The lowest BCUT2D eigenvalue weighted by atomic mass is 10.9. The second-order valence-electron chi connectivity index (χ2n) is 3.36. The maximum atomic E-state index is 6.43. The molecule has 0 saturated carbocycles. The lowest BCUT2D eigenvalue weighted by Gasteiger charge is -2.32. The molecule has 1 rings (SSSR count). The molecule has 0 aromatic heterocycles. The molecule has 1 aliphatic rings. The highest BCUT2D eigenvalue weighted by atomic mass is 35.7. The maximum Gasteiger partial charge on any atom is 0.250 e. The van der Waals surface area contributed by atoms with E-state index in [0.717, 1.165) is 24.2 Å². The van der Waals surface area contributed by atoms with Crippen molar-refractivity contribution in [2.45, 2.75) is 37.1 Å². The number of hydrogen-bond donors (Lipinski definition) is 0. The van der Waals surface area contributed by atoms with Gasteiger partial charge < -0.3 is 0 Å². The van der Waals surface area contributed by atoms with E-state index in [1.165, 1.54) is 6.04 Å². The van der Waals surface area contributed by atoms with Crippen molar-refractivity contribution in [2.24, 2.45) is 0 Å². The highest BCUT2D eigenvalue weighted by molar-refractivity contribution is 7.46. The molecule has 0 aromatic rings. The summed E-state index contributed by atoms with van der Waals surface area (Å²) in [6.45, 7) is 0.390. The zero-order chi connectivity index (χ0) is 8.54. The normalized spacial score (nSPS) is 28.4. The van der Waals surface area contributed by atoms with Gasteiger partial charge in [0.1, 0.15) is 0 Å². The van der Waals surface area contributed by atoms with Crippen molar-refractivity contribution in [3.05, 3.63) is 0 Å². The molecule has 66 valence electrons. The smallest absolute Gasteiger partial charge is 0.167 e. The highest BCUT2D eigenvalue weighted by Gasteiger charge is 2.42. The number of rotatable bonds is 1. The highest BCUT2D eigenvalue weighted by Crippen LogP contribution is 2.43. The van der Waals surface area contributed by atoms with Crippen LogP contribution in [0.15, 0.2) is 0 Å². The molecule has 0 atom stereocenters. The summed E-state index contributed by atoms with van der Waals surface area (Å²) in [5, 5.41) is 0. The summed E-state index contributed by atoms with van der Waals surface area (Å²) < 4.78 is 0. The van der Waals surface area contributed by atoms with E-state index in [-0.39, 0.29) is 0 Å². The van der Waals surface area contributed by atoms with Gasteiger partial charge in [0.2, 0.25) is 0 Å². The Balaban J connectivity index is 2.48. The predicted molar refractivity (Wildman–Crippen MR) is 58.8 cm³/mol. The van der Waals surface area contributed by atoms with E-state index in [2.05, 4.69) is 6.92 Å². The van der Waals surface area contributed by atoms with Crippen LogP contribution in [0, 0.1) is 0 Å². The molecule has 0 bridgehead atoms. The average Bonchev–Trinajstić information content (AvgIpc) is 1.97. The average molecular weight is 248 g/mol. The van der Waals surface area contributed by atoms with Gasteiger partial charge in [-0.2, -0.15) is 11.1 Å². The van der Waals surface area contributed by atoms with Crippen molar-refractivity contribution >= 4 is 47.3 Å². The van der Waals surface area contributed by atoms with Crippen LogP contribution in [0.4, 0.5) is 0 Å². The number of halogens is 3. The molecule has 1 fully saturated rings. The summed E-state index contributed by atoms with van der Waals surface area (Å²) in [5.74, 6) is 0. The van der Waals surface area contributed by atoms with Gasteiger partial charge in [0.15, 0.2) is 7.38 Å². The topological polar surface area (TPSA) is 0 Å². The summed E-state index contributed by atoms with van der Waals surface area (Å²) in [4.78, 5) is 0.